The third-order valence-electron chi connectivity index (χ3n) is 2.76. The molecule has 0 spiro atoms. The fourth-order valence-electron chi connectivity index (χ4n) is 1.87. The number of aromatic amines is 1. The van der Waals surface area contributed by atoms with Gasteiger partial charge < -0.3 is 10.1 Å². The van der Waals surface area contributed by atoms with Crippen LogP contribution in [0.5, 0.6) is 0 Å². The summed E-state index contributed by atoms with van der Waals surface area (Å²) in [7, 11) is 0. The molecule has 20 heavy (non-hydrogen) atoms. The quantitative estimate of drug-likeness (QED) is 0.721. The number of hydrogen-bond acceptors (Lipinski definition) is 6. The van der Waals surface area contributed by atoms with Crippen LogP contribution >= 0.6 is 11.3 Å². The molecular formula is C13H12N4O2S. The highest BCUT2D eigenvalue weighted by molar-refractivity contribution is 7.08. The molecule has 0 radical (unpaired) electrons. The summed E-state index contributed by atoms with van der Waals surface area (Å²) < 4.78 is 5.06. The van der Waals surface area contributed by atoms with Crippen LogP contribution in [-0.4, -0.2) is 27.8 Å². The largest absolute Gasteiger partial charge is 0.462 e. The maximum absolute atomic E-state index is 12.0. The molecule has 0 aromatic carbocycles. The van der Waals surface area contributed by atoms with Crippen LogP contribution in [0, 0.1) is 0 Å². The van der Waals surface area contributed by atoms with Crippen molar-refractivity contribution in [2.45, 2.75) is 6.92 Å². The Kier molecular flexibility index (Phi) is 3.34. The summed E-state index contributed by atoms with van der Waals surface area (Å²) in [6, 6.07) is 1.93. The minimum absolute atomic E-state index is 0.317. The van der Waals surface area contributed by atoms with E-state index in [1.54, 1.807) is 24.5 Å². The summed E-state index contributed by atoms with van der Waals surface area (Å²) in [5.74, 6) is -0.408. The number of carbonyl (C=O) groups excluding carboxylic acids is 1. The van der Waals surface area contributed by atoms with Gasteiger partial charge in [-0.2, -0.15) is 16.4 Å². The number of rotatable bonds is 4. The van der Waals surface area contributed by atoms with Crippen LogP contribution < -0.4 is 5.32 Å². The summed E-state index contributed by atoms with van der Waals surface area (Å²) in [6.07, 6.45) is 3.12. The number of fused-ring (bicyclic) bond motifs is 1. The molecule has 0 saturated heterocycles. The Morgan fingerprint density at radius 2 is 2.40 bits per heavy atom. The lowest BCUT2D eigenvalue weighted by molar-refractivity contribution is 0.0527. The van der Waals surface area contributed by atoms with E-state index < -0.39 is 5.97 Å². The minimum Gasteiger partial charge on any atom is -0.462 e. The Labute approximate surface area is 118 Å². The van der Waals surface area contributed by atoms with Crippen molar-refractivity contribution in [1.29, 1.82) is 0 Å². The van der Waals surface area contributed by atoms with E-state index in [-0.39, 0.29) is 0 Å². The van der Waals surface area contributed by atoms with Gasteiger partial charge >= 0.3 is 5.97 Å². The highest BCUT2D eigenvalue weighted by atomic mass is 32.1. The smallest absolute Gasteiger partial charge is 0.341 e. The van der Waals surface area contributed by atoms with E-state index in [0.29, 0.717) is 28.9 Å². The van der Waals surface area contributed by atoms with Crippen LogP contribution in [0.4, 0.5) is 11.4 Å². The molecule has 3 heterocycles. The maximum atomic E-state index is 12.0. The second-order valence-corrected chi connectivity index (χ2v) is 4.81. The molecule has 3 aromatic heterocycles. The van der Waals surface area contributed by atoms with Gasteiger partial charge in [-0.05, 0) is 18.4 Å². The van der Waals surface area contributed by atoms with Gasteiger partial charge in [0.05, 0.1) is 18.5 Å². The summed E-state index contributed by atoms with van der Waals surface area (Å²) in [5.41, 5.74) is 3.29. The Balaban J connectivity index is 2.11. The van der Waals surface area contributed by atoms with Crippen LogP contribution in [0.15, 0.2) is 29.2 Å². The minimum atomic E-state index is -0.408. The molecule has 0 fully saturated rings. The van der Waals surface area contributed by atoms with Crippen molar-refractivity contribution < 1.29 is 9.53 Å². The van der Waals surface area contributed by atoms with Crippen molar-refractivity contribution in [3.63, 3.8) is 0 Å². The standard InChI is InChI=1S/C13H12N4O2S/c1-2-19-13(18)9-5-14-10-6-15-17-12(10)11(9)16-8-3-4-20-7-8/h3-7H,2H2,1H3,(H,14,16)(H,15,17). The molecule has 0 aliphatic carbocycles. The fraction of sp³-hybridized carbons (Fsp3) is 0.154. The molecule has 0 unspecified atom stereocenters. The molecule has 0 amide bonds. The van der Waals surface area contributed by atoms with Crippen LogP contribution in [-0.2, 0) is 4.74 Å². The van der Waals surface area contributed by atoms with Gasteiger partial charge in [-0.25, -0.2) is 4.79 Å². The average Bonchev–Trinajstić information content (AvgIpc) is 3.09. The second kappa shape index (κ2) is 5.30. The number of H-pyrrole nitrogens is 1. The first kappa shape index (κ1) is 12.6. The Morgan fingerprint density at radius 1 is 1.50 bits per heavy atom. The number of nitrogens with zero attached hydrogens (tertiary/aromatic N) is 2. The van der Waals surface area contributed by atoms with Crippen LogP contribution in [0.25, 0.3) is 11.0 Å². The number of ether oxygens (including phenoxy) is 1. The van der Waals surface area contributed by atoms with Crippen LogP contribution in [0.1, 0.15) is 17.3 Å². The summed E-state index contributed by atoms with van der Waals surface area (Å²) in [5, 5.41) is 14.0. The Morgan fingerprint density at radius 3 is 3.15 bits per heavy atom. The average molecular weight is 288 g/mol. The van der Waals surface area contributed by atoms with Crippen molar-refractivity contribution >= 4 is 39.7 Å². The summed E-state index contributed by atoms with van der Waals surface area (Å²) in [6.45, 7) is 2.09. The molecule has 0 aliphatic heterocycles. The van der Waals surface area contributed by atoms with Gasteiger partial charge in [0.2, 0.25) is 0 Å². The van der Waals surface area contributed by atoms with Gasteiger partial charge in [-0.3, -0.25) is 10.1 Å². The molecule has 0 atom stereocenters. The molecule has 2 N–H and O–H groups in total. The highest BCUT2D eigenvalue weighted by Crippen LogP contribution is 2.28. The van der Waals surface area contributed by atoms with Crippen molar-refractivity contribution in [2.24, 2.45) is 0 Å². The molecule has 3 rings (SSSR count). The molecular weight excluding hydrogens is 276 g/mol. The number of thiophene rings is 1. The molecule has 3 aromatic rings. The maximum Gasteiger partial charge on any atom is 0.341 e. The topological polar surface area (TPSA) is 79.9 Å². The van der Waals surface area contributed by atoms with Gasteiger partial charge in [0.15, 0.2) is 0 Å². The Hall–Kier alpha value is -2.41. The second-order valence-electron chi connectivity index (χ2n) is 4.03. The van der Waals surface area contributed by atoms with Gasteiger partial charge in [-0.15, -0.1) is 0 Å². The lowest BCUT2D eigenvalue weighted by Gasteiger charge is -2.10. The third-order valence-corrected chi connectivity index (χ3v) is 3.44. The molecule has 0 saturated carbocycles. The Bertz CT molecular complexity index is 736. The predicted octanol–water partition coefficient (Wildman–Crippen LogP) is 2.94. The van der Waals surface area contributed by atoms with Gasteiger partial charge in [0.1, 0.15) is 16.6 Å². The van der Waals surface area contributed by atoms with Crippen molar-refractivity contribution in [1.82, 2.24) is 15.2 Å². The monoisotopic (exact) mass is 288 g/mol. The summed E-state index contributed by atoms with van der Waals surface area (Å²) >= 11 is 1.57. The van der Waals surface area contributed by atoms with Gasteiger partial charge in [0, 0.05) is 17.3 Å². The first-order valence-electron chi connectivity index (χ1n) is 6.08. The first-order chi connectivity index (χ1) is 9.79. The SMILES string of the molecule is CCOC(=O)c1cnc2cn[nH]c2c1Nc1ccsc1. The number of anilines is 2. The number of pyridine rings is 1. The number of esters is 1. The van der Waals surface area contributed by atoms with E-state index in [1.165, 1.54) is 6.20 Å². The number of hydrogen-bond donors (Lipinski definition) is 2. The normalized spacial score (nSPS) is 10.7. The van der Waals surface area contributed by atoms with E-state index in [1.807, 2.05) is 16.8 Å². The lowest BCUT2D eigenvalue weighted by Crippen LogP contribution is -2.09. The first-order valence-corrected chi connectivity index (χ1v) is 7.02. The number of aromatic nitrogens is 3. The molecule has 0 aliphatic rings. The van der Waals surface area contributed by atoms with Gasteiger partial charge in [-0.1, -0.05) is 0 Å². The number of carbonyl (C=O) groups is 1. The van der Waals surface area contributed by atoms with E-state index in [9.17, 15) is 4.79 Å². The highest BCUT2D eigenvalue weighted by Gasteiger charge is 2.18. The van der Waals surface area contributed by atoms with E-state index in [2.05, 4.69) is 20.5 Å². The molecule has 7 heteroatoms. The zero-order chi connectivity index (χ0) is 13.9. The molecule has 6 nitrogen and oxygen atoms in total. The number of nitrogens with one attached hydrogen (secondary N) is 2. The zero-order valence-electron chi connectivity index (χ0n) is 10.7. The fourth-order valence-corrected chi connectivity index (χ4v) is 2.46. The van der Waals surface area contributed by atoms with Crippen molar-refractivity contribution in [2.75, 3.05) is 11.9 Å². The molecule has 0 bridgehead atoms. The lowest BCUT2D eigenvalue weighted by atomic mass is 10.2. The van der Waals surface area contributed by atoms with E-state index in [0.717, 1.165) is 5.69 Å². The van der Waals surface area contributed by atoms with E-state index in [4.69, 9.17) is 4.74 Å². The van der Waals surface area contributed by atoms with E-state index >= 15 is 0 Å². The predicted molar refractivity (Wildman–Crippen MR) is 77.4 cm³/mol. The third kappa shape index (κ3) is 2.23. The van der Waals surface area contributed by atoms with Crippen LogP contribution in [0.2, 0.25) is 0 Å². The van der Waals surface area contributed by atoms with Crippen molar-refractivity contribution in [3.8, 4) is 0 Å². The van der Waals surface area contributed by atoms with Crippen LogP contribution in [0.3, 0.4) is 0 Å². The zero-order valence-corrected chi connectivity index (χ0v) is 11.5. The molecule has 102 valence electrons. The van der Waals surface area contributed by atoms with Gasteiger partial charge in [0.25, 0.3) is 0 Å². The summed E-state index contributed by atoms with van der Waals surface area (Å²) in [4.78, 5) is 16.2. The van der Waals surface area contributed by atoms with Crippen molar-refractivity contribution in [3.05, 3.63) is 34.8 Å².